The molecular weight excluding hydrogens is 320 g/mol. The number of hydrogen-bond acceptors (Lipinski definition) is 4. The highest BCUT2D eigenvalue weighted by Crippen LogP contribution is 2.43. The van der Waals surface area contributed by atoms with E-state index in [1.54, 1.807) is 32.4 Å². The Balaban J connectivity index is 1.84. The minimum atomic E-state index is -0.228. The summed E-state index contributed by atoms with van der Waals surface area (Å²) < 4.78 is 10.7. The van der Waals surface area contributed by atoms with Gasteiger partial charge in [0.05, 0.1) is 36.7 Å². The number of methoxy groups -OCH3 is 2. The molecule has 0 unspecified atom stereocenters. The highest BCUT2D eigenvalue weighted by atomic mass is 16.5. The Kier molecular flexibility index (Phi) is 3.67. The second-order valence-electron chi connectivity index (χ2n) is 6.32. The molecule has 2 aliphatic rings. The lowest BCUT2D eigenvalue weighted by Crippen LogP contribution is -2.03. The molecule has 1 aromatic heterocycles. The number of rotatable bonds is 3. The van der Waals surface area contributed by atoms with Crippen LogP contribution in [0.2, 0.25) is 0 Å². The number of aromatic amines is 1. The van der Waals surface area contributed by atoms with Gasteiger partial charge in [-0.05, 0) is 31.8 Å². The fourth-order valence-corrected chi connectivity index (χ4v) is 3.62. The highest BCUT2D eigenvalue weighted by molar-refractivity contribution is 6.35. The molecule has 6 heteroatoms. The van der Waals surface area contributed by atoms with Crippen molar-refractivity contribution >= 4 is 23.2 Å². The second-order valence-corrected chi connectivity index (χ2v) is 6.32. The fourth-order valence-electron chi connectivity index (χ4n) is 3.62. The van der Waals surface area contributed by atoms with Gasteiger partial charge in [0, 0.05) is 23.4 Å². The Morgan fingerprint density at radius 1 is 1.16 bits per heavy atom. The van der Waals surface area contributed by atoms with Gasteiger partial charge >= 0.3 is 0 Å². The van der Waals surface area contributed by atoms with Gasteiger partial charge in [0.2, 0.25) is 0 Å². The van der Waals surface area contributed by atoms with Crippen LogP contribution in [0.1, 0.15) is 35.4 Å². The topological polar surface area (TPSA) is 83.6 Å². The number of fused-ring (bicyclic) bond motifs is 2. The SMILES string of the molecule is COc1cc2c(c(OC)c1)C(=Cc1[nH]c3c(c1O)CCCC3)C(=O)N2. The molecule has 0 atom stereocenters. The van der Waals surface area contributed by atoms with E-state index in [0.717, 1.165) is 36.9 Å². The predicted molar refractivity (Wildman–Crippen MR) is 95.1 cm³/mol. The second kappa shape index (κ2) is 5.88. The molecule has 0 bridgehead atoms. The summed E-state index contributed by atoms with van der Waals surface area (Å²) >= 11 is 0. The van der Waals surface area contributed by atoms with E-state index in [2.05, 4.69) is 10.3 Å². The Hall–Kier alpha value is -2.89. The lowest BCUT2D eigenvalue weighted by Gasteiger charge is -2.09. The van der Waals surface area contributed by atoms with E-state index >= 15 is 0 Å². The number of aromatic hydroxyl groups is 1. The van der Waals surface area contributed by atoms with Crippen molar-refractivity contribution in [2.24, 2.45) is 0 Å². The first-order valence-electron chi connectivity index (χ1n) is 8.34. The molecule has 0 saturated carbocycles. The van der Waals surface area contributed by atoms with Crippen LogP contribution in [0.3, 0.4) is 0 Å². The van der Waals surface area contributed by atoms with Gasteiger partial charge in [-0.3, -0.25) is 4.79 Å². The van der Waals surface area contributed by atoms with Gasteiger partial charge in [0.15, 0.2) is 0 Å². The van der Waals surface area contributed by atoms with E-state index in [1.165, 1.54) is 0 Å². The first-order chi connectivity index (χ1) is 12.1. The van der Waals surface area contributed by atoms with Crippen molar-refractivity contribution in [3.8, 4) is 17.2 Å². The zero-order chi connectivity index (χ0) is 17.6. The molecule has 0 spiro atoms. The van der Waals surface area contributed by atoms with E-state index in [9.17, 15) is 9.90 Å². The molecule has 0 saturated heterocycles. The summed E-state index contributed by atoms with van der Waals surface area (Å²) in [5.74, 6) is 1.18. The summed E-state index contributed by atoms with van der Waals surface area (Å²) in [6, 6.07) is 3.50. The quantitative estimate of drug-likeness (QED) is 0.750. The standard InChI is InChI=1S/C19H20N2O4/c1-24-10-7-14-17(16(8-10)25-2)12(19(23)21-14)9-15-18(22)11-5-3-4-6-13(11)20-15/h7-9,20,22H,3-6H2,1-2H3,(H,21,23). The number of aromatic nitrogens is 1. The first kappa shape index (κ1) is 15.6. The molecule has 1 aliphatic heterocycles. The molecule has 25 heavy (non-hydrogen) atoms. The number of hydrogen-bond donors (Lipinski definition) is 3. The molecule has 6 nitrogen and oxygen atoms in total. The highest BCUT2D eigenvalue weighted by Gasteiger charge is 2.30. The third-order valence-corrected chi connectivity index (χ3v) is 4.88. The third-order valence-electron chi connectivity index (χ3n) is 4.88. The molecule has 0 fully saturated rings. The van der Waals surface area contributed by atoms with Crippen LogP contribution in [0.25, 0.3) is 11.6 Å². The molecule has 1 aliphatic carbocycles. The van der Waals surface area contributed by atoms with E-state index in [-0.39, 0.29) is 11.7 Å². The minimum Gasteiger partial charge on any atom is -0.505 e. The molecule has 2 heterocycles. The van der Waals surface area contributed by atoms with Crippen LogP contribution in [0.4, 0.5) is 5.69 Å². The van der Waals surface area contributed by atoms with Crippen LogP contribution in [0.5, 0.6) is 17.2 Å². The number of ether oxygens (including phenoxy) is 2. The third kappa shape index (κ3) is 2.45. The normalized spacial score (nSPS) is 17.2. The van der Waals surface area contributed by atoms with Crippen LogP contribution in [-0.4, -0.2) is 30.2 Å². The van der Waals surface area contributed by atoms with Gasteiger partial charge in [-0.1, -0.05) is 0 Å². The van der Waals surface area contributed by atoms with Crippen molar-refractivity contribution in [2.45, 2.75) is 25.7 Å². The molecule has 2 aromatic rings. The minimum absolute atomic E-state index is 0.228. The van der Waals surface area contributed by atoms with Crippen molar-refractivity contribution in [1.82, 2.24) is 4.98 Å². The van der Waals surface area contributed by atoms with E-state index in [4.69, 9.17) is 9.47 Å². The maximum atomic E-state index is 12.5. The maximum absolute atomic E-state index is 12.5. The summed E-state index contributed by atoms with van der Waals surface area (Å²) in [5.41, 5.74) is 4.39. The van der Waals surface area contributed by atoms with E-state index in [0.29, 0.717) is 34.0 Å². The van der Waals surface area contributed by atoms with Crippen molar-refractivity contribution in [1.29, 1.82) is 0 Å². The van der Waals surface area contributed by atoms with Gasteiger partial charge < -0.3 is 24.9 Å². The number of anilines is 1. The number of aryl methyl sites for hydroxylation is 1. The number of nitrogens with one attached hydrogen (secondary N) is 2. The molecule has 3 N–H and O–H groups in total. The average molecular weight is 340 g/mol. The molecular formula is C19H20N2O4. The van der Waals surface area contributed by atoms with Gasteiger partial charge in [-0.25, -0.2) is 0 Å². The number of carbonyl (C=O) groups excluding carboxylic acids is 1. The summed E-state index contributed by atoms with van der Waals surface area (Å²) in [6.45, 7) is 0. The van der Waals surface area contributed by atoms with Crippen LogP contribution < -0.4 is 14.8 Å². The molecule has 4 rings (SSSR count). The zero-order valence-corrected chi connectivity index (χ0v) is 14.2. The number of H-pyrrole nitrogens is 1. The molecule has 1 amide bonds. The maximum Gasteiger partial charge on any atom is 0.256 e. The summed E-state index contributed by atoms with van der Waals surface area (Å²) in [6.07, 6.45) is 5.68. The van der Waals surface area contributed by atoms with E-state index in [1.807, 2.05) is 0 Å². The Morgan fingerprint density at radius 2 is 1.96 bits per heavy atom. The monoisotopic (exact) mass is 340 g/mol. The molecule has 130 valence electrons. The van der Waals surface area contributed by atoms with Crippen LogP contribution in [0, 0.1) is 0 Å². The van der Waals surface area contributed by atoms with Crippen LogP contribution in [-0.2, 0) is 17.6 Å². The van der Waals surface area contributed by atoms with Crippen LogP contribution in [0.15, 0.2) is 12.1 Å². The van der Waals surface area contributed by atoms with Gasteiger partial charge in [0.1, 0.15) is 17.2 Å². The lowest BCUT2D eigenvalue weighted by atomic mass is 9.97. The summed E-state index contributed by atoms with van der Waals surface area (Å²) in [5, 5.41) is 13.4. The van der Waals surface area contributed by atoms with Gasteiger partial charge in [0.25, 0.3) is 5.91 Å². The average Bonchev–Trinajstić information content (AvgIpc) is 3.12. The van der Waals surface area contributed by atoms with Crippen molar-refractivity contribution in [3.63, 3.8) is 0 Å². The van der Waals surface area contributed by atoms with Gasteiger partial charge in [-0.15, -0.1) is 0 Å². The number of carbonyl (C=O) groups is 1. The van der Waals surface area contributed by atoms with Gasteiger partial charge in [-0.2, -0.15) is 0 Å². The van der Waals surface area contributed by atoms with Crippen molar-refractivity contribution in [2.75, 3.05) is 19.5 Å². The largest absolute Gasteiger partial charge is 0.505 e. The van der Waals surface area contributed by atoms with Crippen molar-refractivity contribution in [3.05, 3.63) is 34.6 Å². The smallest absolute Gasteiger partial charge is 0.256 e. The summed E-state index contributed by atoms with van der Waals surface area (Å²) in [4.78, 5) is 15.8. The van der Waals surface area contributed by atoms with Crippen LogP contribution >= 0.6 is 0 Å². The molecule has 0 radical (unpaired) electrons. The summed E-state index contributed by atoms with van der Waals surface area (Å²) in [7, 11) is 3.12. The lowest BCUT2D eigenvalue weighted by molar-refractivity contribution is -0.110. The number of benzene rings is 1. The predicted octanol–water partition coefficient (Wildman–Crippen LogP) is 3.11. The number of amides is 1. The Bertz CT molecular complexity index is 895. The zero-order valence-electron chi connectivity index (χ0n) is 14.2. The first-order valence-corrected chi connectivity index (χ1v) is 8.34. The van der Waals surface area contributed by atoms with Crippen molar-refractivity contribution < 1.29 is 19.4 Å². The fraction of sp³-hybridized carbons (Fsp3) is 0.316. The molecule has 1 aromatic carbocycles. The Labute approximate surface area is 145 Å². The Morgan fingerprint density at radius 3 is 2.68 bits per heavy atom. The van der Waals surface area contributed by atoms with E-state index < -0.39 is 0 Å².